The van der Waals surface area contributed by atoms with Gasteiger partial charge in [0.05, 0.1) is 5.69 Å². The highest BCUT2D eigenvalue weighted by Crippen LogP contribution is 2.37. The molecule has 0 radical (unpaired) electrons. The third-order valence-corrected chi connectivity index (χ3v) is 5.45. The van der Waals surface area contributed by atoms with E-state index in [0.717, 1.165) is 25.6 Å². The lowest BCUT2D eigenvalue weighted by Gasteiger charge is -2.26. The topological polar surface area (TPSA) is 28.2 Å². The Balaban J connectivity index is 2.02. The van der Waals surface area contributed by atoms with E-state index in [-0.39, 0.29) is 0 Å². The van der Waals surface area contributed by atoms with Crippen molar-refractivity contribution in [3.63, 3.8) is 0 Å². The molecule has 0 aromatic carbocycles. The van der Waals surface area contributed by atoms with Gasteiger partial charge < -0.3 is 10.2 Å². The lowest BCUT2D eigenvalue weighted by atomic mass is 9.80. The molecule has 1 fully saturated rings. The van der Waals surface area contributed by atoms with Gasteiger partial charge >= 0.3 is 0 Å². The van der Waals surface area contributed by atoms with Crippen molar-refractivity contribution in [2.24, 2.45) is 11.3 Å². The van der Waals surface area contributed by atoms with Crippen molar-refractivity contribution in [1.29, 1.82) is 0 Å². The average molecular weight is 295 g/mol. The Bertz CT molecular complexity index is 445. The van der Waals surface area contributed by atoms with Crippen LogP contribution in [-0.4, -0.2) is 24.1 Å². The first kappa shape index (κ1) is 15.8. The molecule has 0 amide bonds. The minimum Gasteiger partial charge on any atom is -0.348 e. The first-order chi connectivity index (χ1) is 9.27. The first-order valence-corrected chi connectivity index (χ1v) is 8.53. The van der Waals surface area contributed by atoms with E-state index in [1.165, 1.54) is 22.1 Å². The van der Waals surface area contributed by atoms with Gasteiger partial charge in [0, 0.05) is 30.6 Å². The summed E-state index contributed by atoms with van der Waals surface area (Å²) in [5.74, 6) is 0.781. The zero-order chi connectivity index (χ0) is 14.9. The van der Waals surface area contributed by atoms with Gasteiger partial charge in [0.1, 0.15) is 0 Å². The van der Waals surface area contributed by atoms with Crippen molar-refractivity contribution >= 4 is 16.5 Å². The number of hydrogen-bond donors (Lipinski definition) is 1. The molecule has 4 heteroatoms. The lowest BCUT2D eigenvalue weighted by molar-refractivity contribution is 0.263. The Kier molecular flexibility index (Phi) is 4.75. The summed E-state index contributed by atoms with van der Waals surface area (Å²) in [6.45, 7) is 16.8. The monoisotopic (exact) mass is 295 g/mol. The van der Waals surface area contributed by atoms with Gasteiger partial charge in [0.2, 0.25) is 0 Å². The molecule has 20 heavy (non-hydrogen) atoms. The summed E-state index contributed by atoms with van der Waals surface area (Å²) in [6.07, 6.45) is 1.29. The maximum atomic E-state index is 4.79. The summed E-state index contributed by atoms with van der Waals surface area (Å²) >= 11 is 1.86. The number of nitrogens with one attached hydrogen (secondary N) is 1. The summed E-state index contributed by atoms with van der Waals surface area (Å²) in [4.78, 5) is 8.65. The Morgan fingerprint density at radius 1 is 1.40 bits per heavy atom. The third kappa shape index (κ3) is 3.73. The van der Waals surface area contributed by atoms with Crippen LogP contribution < -0.4 is 10.2 Å². The van der Waals surface area contributed by atoms with Crippen LogP contribution in [0.3, 0.4) is 0 Å². The Hall–Kier alpha value is -0.610. The van der Waals surface area contributed by atoms with E-state index in [4.69, 9.17) is 4.98 Å². The fourth-order valence-electron chi connectivity index (χ4n) is 2.65. The molecular weight excluding hydrogens is 266 g/mol. The predicted octanol–water partition coefficient (Wildman–Crippen LogP) is 3.82. The molecular formula is C16H29N3S. The molecule has 0 saturated carbocycles. The zero-order valence-corrected chi connectivity index (χ0v) is 14.6. The molecule has 1 saturated heterocycles. The van der Waals surface area contributed by atoms with Crippen LogP contribution >= 0.6 is 11.3 Å². The van der Waals surface area contributed by atoms with Gasteiger partial charge in [-0.3, -0.25) is 0 Å². The summed E-state index contributed by atoms with van der Waals surface area (Å²) < 4.78 is 0. The van der Waals surface area contributed by atoms with Crippen LogP contribution in [0.5, 0.6) is 0 Å². The van der Waals surface area contributed by atoms with Crippen molar-refractivity contribution < 1.29 is 0 Å². The summed E-state index contributed by atoms with van der Waals surface area (Å²) in [6, 6.07) is 0.525. The Morgan fingerprint density at radius 2 is 2.10 bits per heavy atom. The van der Waals surface area contributed by atoms with Crippen LogP contribution in [0.1, 0.15) is 51.6 Å². The van der Waals surface area contributed by atoms with Gasteiger partial charge in [-0.2, -0.15) is 0 Å². The second-order valence-corrected chi connectivity index (χ2v) is 8.40. The molecule has 0 bridgehead atoms. The van der Waals surface area contributed by atoms with Crippen LogP contribution in [0.15, 0.2) is 0 Å². The predicted molar refractivity (Wildman–Crippen MR) is 88.6 cm³/mol. The van der Waals surface area contributed by atoms with Gasteiger partial charge in [-0.05, 0) is 24.7 Å². The van der Waals surface area contributed by atoms with Crippen LogP contribution in [0, 0.1) is 18.3 Å². The normalized spacial score (nSPS) is 20.1. The molecule has 1 atom stereocenters. The van der Waals surface area contributed by atoms with E-state index in [1.54, 1.807) is 0 Å². The van der Waals surface area contributed by atoms with E-state index in [1.807, 2.05) is 11.3 Å². The smallest absolute Gasteiger partial charge is 0.185 e. The molecule has 2 heterocycles. The van der Waals surface area contributed by atoms with Crippen LogP contribution in [0.25, 0.3) is 0 Å². The summed E-state index contributed by atoms with van der Waals surface area (Å²) in [7, 11) is 0. The molecule has 1 aliphatic heterocycles. The number of rotatable bonds is 4. The maximum absolute atomic E-state index is 4.79. The molecule has 1 aromatic rings. The van der Waals surface area contributed by atoms with E-state index in [9.17, 15) is 0 Å². The number of hydrogen-bond acceptors (Lipinski definition) is 4. The van der Waals surface area contributed by atoms with Gasteiger partial charge in [-0.1, -0.05) is 34.6 Å². The van der Waals surface area contributed by atoms with Gasteiger partial charge in [0.25, 0.3) is 0 Å². The quantitative estimate of drug-likeness (QED) is 0.915. The molecule has 114 valence electrons. The van der Waals surface area contributed by atoms with E-state index >= 15 is 0 Å². The summed E-state index contributed by atoms with van der Waals surface area (Å²) in [5, 5.41) is 4.71. The highest BCUT2D eigenvalue weighted by Gasteiger charge is 2.33. The number of aromatic nitrogens is 1. The molecule has 1 unspecified atom stereocenters. The molecule has 3 nitrogen and oxygen atoms in total. The molecule has 0 aliphatic carbocycles. The van der Waals surface area contributed by atoms with Gasteiger partial charge in [-0.25, -0.2) is 4.98 Å². The van der Waals surface area contributed by atoms with Crippen molar-refractivity contribution in [2.45, 2.75) is 60.5 Å². The second-order valence-electron chi connectivity index (χ2n) is 7.34. The fourth-order valence-corrected chi connectivity index (χ4v) is 3.70. The van der Waals surface area contributed by atoms with Gasteiger partial charge in [-0.15, -0.1) is 11.3 Å². The number of aryl methyl sites for hydroxylation is 1. The van der Waals surface area contributed by atoms with E-state index < -0.39 is 0 Å². The van der Waals surface area contributed by atoms with Gasteiger partial charge in [0.15, 0.2) is 5.13 Å². The van der Waals surface area contributed by atoms with Crippen LogP contribution in [0.4, 0.5) is 5.13 Å². The average Bonchev–Trinajstić information content (AvgIpc) is 2.91. The standard InChI is InChI=1S/C16H29N3S/c1-11(2)17-9-14-12(3)18-15(20-14)19-8-7-13(10-19)16(4,5)6/h11,13,17H,7-10H2,1-6H3. The first-order valence-electron chi connectivity index (χ1n) is 7.72. The molecule has 2 rings (SSSR count). The van der Waals surface area contributed by atoms with Crippen molar-refractivity contribution in [2.75, 3.05) is 18.0 Å². The molecule has 1 N–H and O–H groups in total. The highest BCUT2D eigenvalue weighted by molar-refractivity contribution is 7.15. The number of nitrogens with zero attached hydrogens (tertiary/aromatic N) is 2. The molecule has 1 aromatic heterocycles. The largest absolute Gasteiger partial charge is 0.348 e. The maximum Gasteiger partial charge on any atom is 0.185 e. The van der Waals surface area contributed by atoms with E-state index in [2.05, 4.69) is 51.8 Å². The van der Waals surface area contributed by atoms with Crippen molar-refractivity contribution in [3.05, 3.63) is 10.6 Å². The minimum atomic E-state index is 0.406. The Labute approximate surface area is 127 Å². The zero-order valence-electron chi connectivity index (χ0n) is 13.8. The fraction of sp³-hybridized carbons (Fsp3) is 0.812. The second kappa shape index (κ2) is 6.02. The third-order valence-electron chi connectivity index (χ3n) is 4.24. The van der Waals surface area contributed by atoms with Crippen molar-refractivity contribution in [3.8, 4) is 0 Å². The summed E-state index contributed by atoms with van der Waals surface area (Å²) in [5.41, 5.74) is 1.60. The molecule has 1 aliphatic rings. The lowest BCUT2D eigenvalue weighted by Crippen LogP contribution is -2.25. The highest BCUT2D eigenvalue weighted by atomic mass is 32.1. The number of anilines is 1. The minimum absolute atomic E-state index is 0.406. The Morgan fingerprint density at radius 3 is 2.65 bits per heavy atom. The SMILES string of the molecule is Cc1nc(N2CCC(C(C)(C)C)C2)sc1CNC(C)C. The van der Waals surface area contributed by atoms with E-state index in [0.29, 0.717) is 11.5 Å². The van der Waals surface area contributed by atoms with Crippen LogP contribution in [0.2, 0.25) is 0 Å². The van der Waals surface area contributed by atoms with Crippen LogP contribution in [-0.2, 0) is 6.54 Å². The number of thiazole rings is 1. The van der Waals surface area contributed by atoms with Crippen molar-refractivity contribution in [1.82, 2.24) is 10.3 Å². The molecule has 0 spiro atoms.